The molecule has 0 aromatic carbocycles. The Morgan fingerprint density at radius 1 is 0.722 bits per heavy atom. The summed E-state index contributed by atoms with van der Waals surface area (Å²) in [5.41, 5.74) is 1.30. The Bertz CT molecular complexity index is 874. The first-order valence-electron chi connectivity index (χ1n) is 11.2. The molecule has 0 aliphatic carbocycles. The van der Waals surface area contributed by atoms with Gasteiger partial charge in [0.1, 0.15) is 11.4 Å². The van der Waals surface area contributed by atoms with Crippen molar-refractivity contribution < 1.29 is 73.4 Å². The van der Waals surface area contributed by atoms with Gasteiger partial charge in [-0.1, -0.05) is 12.1 Å². The van der Waals surface area contributed by atoms with Crippen LogP contribution in [0.15, 0.2) is 36.4 Å². The number of carboxylic acid groups (broad SMARTS) is 1. The van der Waals surface area contributed by atoms with Crippen LogP contribution in [0.5, 0.6) is 0 Å². The van der Waals surface area contributed by atoms with E-state index in [1.807, 2.05) is 27.7 Å². The molecule has 0 bridgehead atoms. The molecule has 2 aromatic rings. The summed E-state index contributed by atoms with van der Waals surface area (Å²) in [6, 6.07) is 9.84. The van der Waals surface area contributed by atoms with Gasteiger partial charge in [-0.25, -0.2) is 19.6 Å². The number of ether oxygens (including phenoxy) is 5. The molecule has 36 heavy (non-hydrogen) atoms. The maximum absolute atomic E-state index is 11.6. The third-order valence-corrected chi connectivity index (χ3v) is 4.00. The zero-order valence-corrected chi connectivity index (χ0v) is 23.8. The molecule has 2 heterocycles. The minimum atomic E-state index is -1.06. The molecule has 11 nitrogen and oxygen atoms in total. The Morgan fingerprint density at radius 2 is 1.11 bits per heavy atom. The van der Waals surface area contributed by atoms with Gasteiger partial charge in [-0.05, 0) is 58.9 Å². The molecule has 0 aliphatic rings. The second kappa shape index (κ2) is 21.2. The van der Waals surface area contributed by atoms with E-state index in [2.05, 4.69) is 9.97 Å². The number of aromatic nitrogens is 2. The summed E-state index contributed by atoms with van der Waals surface area (Å²) in [4.78, 5) is 30.5. The van der Waals surface area contributed by atoms with Gasteiger partial charge in [0.25, 0.3) is 0 Å². The molecular weight excluding hydrogens is 483 g/mol. The quantitative estimate of drug-likeness (QED) is 0.229. The van der Waals surface area contributed by atoms with Gasteiger partial charge in [-0.2, -0.15) is 0 Å². The number of pyridine rings is 2. The van der Waals surface area contributed by atoms with E-state index >= 15 is 0 Å². The molecular formula is C24H35N2NaO9. The van der Waals surface area contributed by atoms with Gasteiger partial charge in [-0.3, -0.25) is 0 Å². The average Bonchev–Trinajstić information content (AvgIpc) is 2.84. The van der Waals surface area contributed by atoms with Crippen molar-refractivity contribution in [1.82, 2.24) is 9.97 Å². The van der Waals surface area contributed by atoms with Crippen molar-refractivity contribution in [3.8, 4) is 0 Å². The molecule has 0 saturated heterocycles. The van der Waals surface area contributed by atoms with Gasteiger partial charge in [-0.15, -0.1) is 0 Å². The smallest absolute Gasteiger partial charge is 0.870 e. The van der Waals surface area contributed by atoms with Crippen LogP contribution in [0.3, 0.4) is 0 Å². The number of nitrogens with zero attached hydrogens (tertiary/aromatic N) is 2. The monoisotopic (exact) mass is 518 g/mol. The fourth-order valence-electron chi connectivity index (χ4n) is 2.65. The van der Waals surface area contributed by atoms with Crippen LogP contribution in [-0.2, 0) is 23.7 Å². The number of hydrogen-bond donors (Lipinski definition) is 1. The third-order valence-electron chi connectivity index (χ3n) is 4.00. The first kappa shape index (κ1) is 36.2. The van der Waals surface area contributed by atoms with Crippen molar-refractivity contribution in [3.05, 3.63) is 59.2 Å². The number of rotatable bonds is 13. The van der Waals surface area contributed by atoms with E-state index in [9.17, 15) is 9.59 Å². The number of carbonyl (C=O) groups excluding carboxylic acids is 1. The maximum Gasteiger partial charge on any atom is 1.00 e. The largest absolute Gasteiger partial charge is 1.00 e. The summed E-state index contributed by atoms with van der Waals surface area (Å²) in [6.45, 7) is 11.5. The van der Waals surface area contributed by atoms with E-state index in [0.717, 1.165) is 0 Å². The predicted octanol–water partition coefficient (Wildman–Crippen LogP) is 1.01. The normalized spacial score (nSPS) is 10.1. The molecule has 0 atom stereocenters. The Kier molecular flexibility index (Phi) is 21.3. The number of hydrogen-bond acceptors (Lipinski definition) is 10. The van der Waals surface area contributed by atoms with Crippen LogP contribution in [-0.4, -0.2) is 65.5 Å². The molecule has 0 fully saturated rings. The van der Waals surface area contributed by atoms with Crippen LogP contribution in [0.4, 0.5) is 0 Å². The van der Waals surface area contributed by atoms with Gasteiger partial charge in [0.05, 0.1) is 18.0 Å². The van der Waals surface area contributed by atoms with Gasteiger partial charge < -0.3 is 34.3 Å². The van der Waals surface area contributed by atoms with Crippen LogP contribution >= 0.6 is 0 Å². The maximum atomic E-state index is 11.6. The number of esters is 1. The molecule has 2 rings (SSSR count). The van der Waals surface area contributed by atoms with Gasteiger partial charge >= 0.3 is 41.5 Å². The van der Waals surface area contributed by atoms with Gasteiger partial charge in [0.15, 0.2) is 0 Å². The van der Waals surface area contributed by atoms with Crippen molar-refractivity contribution >= 4 is 11.9 Å². The van der Waals surface area contributed by atoms with Crippen LogP contribution < -0.4 is 29.6 Å². The fraction of sp³-hybridized carbons (Fsp3) is 0.500. The van der Waals surface area contributed by atoms with Crippen molar-refractivity contribution in [1.29, 1.82) is 0 Å². The molecule has 2 aromatic heterocycles. The molecule has 0 unspecified atom stereocenters. The summed E-state index contributed by atoms with van der Waals surface area (Å²) >= 11 is 0. The Balaban J connectivity index is 0. The zero-order chi connectivity index (χ0) is 25.3. The fourth-order valence-corrected chi connectivity index (χ4v) is 2.65. The zero-order valence-electron chi connectivity index (χ0n) is 21.8. The second-order valence-electron chi connectivity index (χ2n) is 6.41. The molecule has 0 amide bonds. The molecule has 0 radical (unpaired) electrons. The Morgan fingerprint density at radius 3 is 1.47 bits per heavy atom. The van der Waals surface area contributed by atoms with E-state index in [0.29, 0.717) is 44.4 Å². The number of aromatic carboxylic acids is 1. The molecule has 196 valence electrons. The molecule has 0 saturated carbocycles. The van der Waals surface area contributed by atoms with E-state index in [1.54, 1.807) is 37.3 Å². The summed E-state index contributed by atoms with van der Waals surface area (Å²) in [7, 11) is 0. The SMILES string of the molecule is CCOC(=O)c1cccc(C(OCC)OCC)n1.CCOC(OCC)c1cccc(C(=O)O)n1.[Na+].[OH-]. The van der Waals surface area contributed by atoms with Crippen molar-refractivity contribution in [2.45, 2.75) is 47.2 Å². The first-order chi connectivity index (χ1) is 16.4. The van der Waals surface area contributed by atoms with Crippen LogP contribution in [0.2, 0.25) is 0 Å². The first-order valence-corrected chi connectivity index (χ1v) is 11.2. The van der Waals surface area contributed by atoms with Crippen molar-refractivity contribution in [2.75, 3.05) is 33.0 Å². The molecule has 12 heteroatoms. The topological polar surface area (TPSA) is 156 Å². The average molecular weight is 519 g/mol. The predicted molar refractivity (Wildman–Crippen MR) is 125 cm³/mol. The second-order valence-corrected chi connectivity index (χ2v) is 6.41. The van der Waals surface area contributed by atoms with E-state index < -0.39 is 24.5 Å². The molecule has 0 aliphatic heterocycles. The Labute approximate surface area is 234 Å². The number of carboxylic acids is 1. The summed E-state index contributed by atoms with van der Waals surface area (Å²) < 4.78 is 26.4. The standard InChI is InChI=1S/C13H19NO4.C11H15NO4.Na.H2O/c1-4-16-12(15)10-8-7-9-11(14-10)13(17-5-2)18-6-3;1-3-15-11(16-4-2)9-7-5-6-8(12-9)10(13)14;;/h7-9,13H,4-6H2,1-3H3;5-7,11H,3-4H2,1-2H3,(H,13,14);;1H2/q;;+1;/p-1. The Hall–Kier alpha value is -1.96. The molecule has 2 N–H and O–H groups in total. The van der Waals surface area contributed by atoms with Crippen LogP contribution in [0.25, 0.3) is 0 Å². The summed E-state index contributed by atoms with van der Waals surface area (Å²) in [6.07, 6.45) is -1.15. The summed E-state index contributed by atoms with van der Waals surface area (Å²) in [5, 5.41) is 8.81. The third kappa shape index (κ3) is 12.8. The molecule has 0 spiro atoms. The minimum Gasteiger partial charge on any atom is -0.870 e. The van der Waals surface area contributed by atoms with E-state index in [-0.39, 0.29) is 46.4 Å². The van der Waals surface area contributed by atoms with Crippen molar-refractivity contribution in [2.24, 2.45) is 0 Å². The van der Waals surface area contributed by atoms with E-state index in [1.165, 1.54) is 6.07 Å². The minimum absolute atomic E-state index is 0. The number of carbonyl (C=O) groups is 2. The van der Waals surface area contributed by atoms with Crippen LogP contribution in [0.1, 0.15) is 79.6 Å². The van der Waals surface area contributed by atoms with Crippen molar-refractivity contribution in [3.63, 3.8) is 0 Å². The van der Waals surface area contributed by atoms with E-state index in [4.69, 9.17) is 28.8 Å². The summed E-state index contributed by atoms with van der Waals surface area (Å²) in [5.74, 6) is -1.50. The van der Waals surface area contributed by atoms with Gasteiger partial charge in [0.2, 0.25) is 12.6 Å². The van der Waals surface area contributed by atoms with Crippen LogP contribution in [0, 0.1) is 0 Å². The van der Waals surface area contributed by atoms with Gasteiger partial charge in [0, 0.05) is 26.4 Å².